The van der Waals surface area contributed by atoms with Crippen LogP contribution in [0.15, 0.2) is 24.3 Å². The zero-order valence-corrected chi connectivity index (χ0v) is 19.6. The van der Waals surface area contributed by atoms with Crippen molar-refractivity contribution in [2.24, 2.45) is 0 Å². The Morgan fingerprint density at radius 3 is 2.32 bits per heavy atom. The summed E-state index contributed by atoms with van der Waals surface area (Å²) in [5.74, 6) is 0.00821. The van der Waals surface area contributed by atoms with E-state index in [1.165, 1.54) is 4.90 Å². The summed E-state index contributed by atoms with van der Waals surface area (Å²) < 4.78 is 0. The first-order valence-electron chi connectivity index (χ1n) is 11.2. The monoisotopic (exact) mass is 433 g/mol. The average Bonchev–Trinajstić information content (AvgIpc) is 2.67. The molecule has 1 unspecified atom stereocenters. The van der Waals surface area contributed by atoms with Gasteiger partial charge in [-0.3, -0.25) is 14.4 Å². The Morgan fingerprint density at radius 2 is 1.71 bits per heavy atom. The molecule has 2 rings (SSSR count). The number of hydrogen-bond acceptors (Lipinski definition) is 3. The number of likely N-dealkylation sites (N-methyl/N-ethyl adjacent to an activating group) is 1. The van der Waals surface area contributed by atoms with Crippen molar-refractivity contribution in [1.29, 1.82) is 0 Å². The number of hydrogen-bond donors (Lipinski definition) is 4. The third-order valence-electron chi connectivity index (χ3n) is 5.34. The lowest BCUT2D eigenvalue weighted by Gasteiger charge is -2.32. The number of carbonyl (C=O) groups excluding carboxylic acids is 3. The second-order valence-electron chi connectivity index (χ2n) is 9.48. The number of quaternary nitrogens is 2. The maximum atomic E-state index is 12.6. The zero-order chi connectivity index (χ0) is 23.0. The molecule has 1 aliphatic heterocycles. The molecule has 3 amide bonds. The van der Waals surface area contributed by atoms with Gasteiger partial charge in [-0.1, -0.05) is 25.1 Å². The van der Waals surface area contributed by atoms with E-state index in [-0.39, 0.29) is 29.8 Å². The second kappa shape index (κ2) is 11.2. The first-order valence-corrected chi connectivity index (χ1v) is 11.2. The molecule has 1 heterocycles. The minimum atomic E-state index is -0.272. The second-order valence-corrected chi connectivity index (χ2v) is 9.48. The van der Waals surface area contributed by atoms with E-state index < -0.39 is 0 Å². The van der Waals surface area contributed by atoms with Crippen molar-refractivity contribution >= 4 is 23.4 Å². The summed E-state index contributed by atoms with van der Waals surface area (Å²) in [5, 5.41) is 5.95. The van der Waals surface area contributed by atoms with Crippen LogP contribution in [0.3, 0.4) is 0 Å². The van der Waals surface area contributed by atoms with Crippen molar-refractivity contribution in [1.82, 2.24) is 10.2 Å². The topological polar surface area (TPSA) is 87.4 Å². The Kier molecular flexibility index (Phi) is 9.00. The molecule has 0 saturated carbocycles. The number of aryl methyl sites for hydroxylation is 1. The molecule has 8 heteroatoms. The highest BCUT2D eigenvalue weighted by atomic mass is 16.2. The van der Waals surface area contributed by atoms with Crippen LogP contribution >= 0.6 is 0 Å². The van der Waals surface area contributed by atoms with Crippen LogP contribution < -0.4 is 20.4 Å². The lowest BCUT2D eigenvalue weighted by Crippen LogP contribution is -3.16. The van der Waals surface area contributed by atoms with Gasteiger partial charge in [0.25, 0.3) is 17.7 Å². The van der Waals surface area contributed by atoms with Crippen LogP contribution in [-0.4, -0.2) is 81.0 Å². The SMILES string of the molecule is CCc1ccccc1NC(=O)C[NH+]1CCN(C(=O)C[NH+](C)CC(=O)NC(C)(C)C)CC1. The first-order chi connectivity index (χ1) is 14.6. The molecule has 0 radical (unpaired) electrons. The van der Waals surface area contributed by atoms with Gasteiger partial charge in [-0.05, 0) is 38.8 Å². The summed E-state index contributed by atoms with van der Waals surface area (Å²) in [5.41, 5.74) is 1.74. The van der Waals surface area contributed by atoms with E-state index in [2.05, 4.69) is 17.6 Å². The Bertz CT molecular complexity index is 767. The molecule has 0 aromatic heterocycles. The number of rotatable bonds is 8. The Hall–Kier alpha value is -2.45. The standard InChI is InChI=1S/C23H37N5O3/c1-6-18-9-7-8-10-19(18)24-20(29)16-27-11-13-28(14-12-27)22(31)17-26(5)15-21(30)25-23(2,3)4/h7-10H,6,11-17H2,1-5H3,(H,24,29)(H,25,30)/p+2. The van der Waals surface area contributed by atoms with Crippen molar-refractivity contribution in [2.75, 3.05) is 58.2 Å². The van der Waals surface area contributed by atoms with E-state index in [0.29, 0.717) is 26.2 Å². The highest BCUT2D eigenvalue weighted by Gasteiger charge is 2.27. The van der Waals surface area contributed by atoms with E-state index in [1.54, 1.807) is 0 Å². The molecule has 1 fully saturated rings. The van der Waals surface area contributed by atoms with Crippen LogP contribution in [0.25, 0.3) is 0 Å². The molecule has 8 nitrogen and oxygen atoms in total. The number of para-hydroxylation sites is 1. The summed E-state index contributed by atoms with van der Waals surface area (Å²) in [6.45, 7) is 11.6. The fraction of sp³-hybridized carbons (Fsp3) is 0.609. The first kappa shape index (κ1) is 24.8. The molecule has 1 aromatic rings. The van der Waals surface area contributed by atoms with Gasteiger partial charge in [0.2, 0.25) is 0 Å². The van der Waals surface area contributed by atoms with Crippen LogP contribution in [0.1, 0.15) is 33.3 Å². The number of nitrogens with one attached hydrogen (secondary N) is 4. The molecule has 1 atom stereocenters. The maximum Gasteiger partial charge on any atom is 0.279 e. The number of nitrogens with zero attached hydrogens (tertiary/aromatic N) is 1. The average molecular weight is 434 g/mol. The van der Waals surface area contributed by atoms with Crippen molar-refractivity contribution in [3.8, 4) is 0 Å². The van der Waals surface area contributed by atoms with Gasteiger partial charge < -0.3 is 25.3 Å². The Balaban J connectivity index is 1.73. The lowest BCUT2D eigenvalue weighted by atomic mass is 10.1. The van der Waals surface area contributed by atoms with E-state index in [0.717, 1.165) is 35.7 Å². The fourth-order valence-electron chi connectivity index (χ4n) is 3.79. The summed E-state index contributed by atoms with van der Waals surface area (Å²) in [6, 6.07) is 7.87. The number of carbonyl (C=O) groups is 3. The predicted molar refractivity (Wildman–Crippen MR) is 121 cm³/mol. The molecular formula is C23H39N5O3+2. The molecular weight excluding hydrogens is 394 g/mol. The van der Waals surface area contributed by atoms with Crippen molar-refractivity contribution < 1.29 is 24.2 Å². The van der Waals surface area contributed by atoms with Crippen LogP contribution in [0.2, 0.25) is 0 Å². The number of amides is 3. The number of anilines is 1. The van der Waals surface area contributed by atoms with Gasteiger partial charge in [-0.15, -0.1) is 0 Å². The normalized spacial score (nSPS) is 16.0. The van der Waals surface area contributed by atoms with Crippen LogP contribution in [-0.2, 0) is 20.8 Å². The van der Waals surface area contributed by atoms with Crippen molar-refractivity contribution in [3.63, 3.8) is 0 Å². The zero-order valence-electron chi connectivity index (χ0n) is 19.6. The van der Waals surface area contributed by atoms with Gasteiger partial charge >= 0.3 is 0 Å². The maximum absolute atomic E-state index is 12.6. The van der Waals surface area contributed by atoms with Gasteiger partial charge in [-0.2, -0.15) is 0 Å². The Morgan fingerprint density at radius 1 is 1.06 bits per heavy atom. The van der Waals surface area contributed by atoms with Gasteiger partial charge in [0, 0.05) is 11.2 Å². The molecule has 1 saturated heterocycles. The minimum absolute atomic E-state index is 0.00437. The smallest absolute Gasteiger partial charge is 0.279 e. The summed E-state index contributed by atoms with van der Waals surface area (Å²) in [7, 11) is 1.86. The van der Waals surface area contributed by atoms with Gasteiger partial charge in [0.1, 0.15) is 0 Å². The third kappa shape index (κ3) is 8.67. The van der Waals surface area contributed by atoms with E-state index in [4.69, 9.17) is 0 Å². The molecule has 0 aliphatic carbocycles. The van der Waals surface area contributed by atoms with Crippen molar-refractivity contribution in [3.05, 3.63) is 29.8 Å². The van der Waals surface area contributed by atoms with E-state index in [9.17, 15) is 14.4 Å². The van der Waals surface area contributed by atoms with Crippen molar-refractivity contribution in [2.45, 2.75) is 39.7 Å². The fourth-order valence-corrected chi connectivity index (χ4v) is 3.79. The minimum Gasteiger partial charge on any atom is -0.347 e. The predicted octanol–water partition coefficient (Wildman–Crippen LogP) is -1.66. The van der Waals surface area contributed by atoms with E-state index >= 15 is 0 Å². The summed E-state index contributed by atoms with van der Waals surface area (Å²) in [6.07, 6.45) is 0.873. The third-order valence-corrected chi connectivity index (χ3v) is 5.34. The van der Waals surface area contributed by atoms with E-state index in [1.807, 2.05) is 57.0 Å². The highest BCUT2D eigenvalue weighted by molar-refractivity contribution is 5.92. The van der Waals surface area contributed by atoms with Crippen LogP contribution in [0, 0.1) is 0 Å². The van der Waals surface area contributed by atoms with Crippen LogP contribution in [0.5, 0.6) is 0 Å². The molecule has 31 heavy (non-hydrogen) atoms. The molecule has 0 spiro atoms. The molecule has 1 aliphatic rings. The lowest BCUT2D eigenvalue weighted by molar-refractivity contribution is -0.896. The summed E-state index contributed by atoms with van der Waals surface area (Å²) >= 11 is 0. The van der Waals surface area contributed by atoms with Crippen LogP contribution in [0.4, 0.5) is 5.69 Å². The summed E-state index contributed by atoms with van der Waals surface area (Å²) in [4.78, 5) is 41.0. The molecule has 0 bridgehead atoms. The molecule has 172 valence electrons. The number of benzene rings is 1. The Labute approximate surface area is 185 Å². The highest BCUT2D eigenvalue weighted by Crippen LogP contribution is 2.14. The van der Waals surface area contributed by atoms with Gasteiger partial charge in [0.15, 0.2) is 19.6 Å². The molecule has 4 N–H and O–H groups in total. The van der Waals surface area contributed by atoms with Gasteiger partial charge in [-0.25, -0.2) is 0 Å². The largest absolute Gasteiger partial charge is 0.347 e. The number of piperazine rings is 1. The molecule has 1 aromatic carbocycles. The quantitative estimate of drug-likeness (QED) is 0.396. The van der Waals surface area contributed by atoms with Gasteiger partial charge in [0.05, 0.1) is 33.2 Å².